The Balaban J connectivity index is 1.37. The summed E-state index contributed by atoms with van der Waals surface area (Å²) in [6, 6.07) is 13.6. The van der Waals surface area contributed by atoms with E-state index in [2.05, 4.69) is 35.1 Å². The summed E-state index contributed by atoms with van der Waals surface area (Å²) in [5.41, 5.74) is 1.51. The molecule has 32 heavy (non-hydrogen) atoms. The number of benzene rings is 2. The third kappa shape index (κ3) is 5.33. The summed E-state index contributed by atoms with van der Waals surface area (Å²) in [6.07, 6.45) is 4.23. The van der Waals surface area contributed by atoms with Crippen molar-refractivity contribution in [2.24, 2.45) is 5.92 Å². The van der Waals surface area contributed by atoms with Crippen molar-refractivity contribution in [3.63, 3.8) is 0 Å². The normalized spacial score (nSPS) is 14.6. The lowest BCUT2D eigenvalue weighted by atomic mass is 9.99. The van der Waals surface area contributed by atoms with E-state index in [0.29, 0.717) is 30.3 Å². The van der Waals surface area contributed by atoms with E-state index in [4.69, 9.17) is 0 Å². The third-order valence-corrected chi connectivity index (χ3v) is 7.01. The second-order valence-electron chi connectivity index (χ2n) is 8.32. The van der Waals surface area contributed by atoms with Gasteiger partial charge in [0.1, 0.15) is 5.82 Å². The number of rotatable bonds is 7. The number of carbonyl (C=O) groups excluding carboxylic acids is 2. The van der Waals surface area contributed by atoms with Gasteiger partial charge in [-0.1, -0.05) is 25.1 Å². The molecular weight excluding hydrogens is 425 g/mol. The van der Waals surface area contributed by atoms with Crippen LogP contribution in [-0.2, 0) is 11.3 Å². The number of aromatic nitrogens is 1. The number of fused-ring (bicyclic) bond motifs is 1. The summed E-state index contributed by atoms with van der Waals surface area (Å²) >= 11 is 1.58. The van der Waals surface area contributed by atoms with Gasteiger partial charge in [-0.25, -0.2) is 4.39 Å². The Labute approximate surface area is 192 Å². The van der Waals surface area contributed by atoms with Crippen molar-refractivity contribution in [1.29, 1.82) is 0 Å². The zero-order valence-electron chi connectivity index (χ0n) is 18.2. The topological polar surface area (TPSA) is 54.3 Å². The molecule has 0 bridgehead atoms. The van der Waals surface area contributed by atoms with Crippen LogP contribution in [0.3, 0.4) is 0 Å². The van der Waals surface area contributed by atoms with Crippen molar-refractivity contribution in [2.45, 2.75) is 31.2 Å². The average molecular weight is 454 g/mol. The first-order chi connectivity index (χ1) is 15.5. The van der Waals surface area contributed by atoms with E-state index >= 15 is 0 Å². The molecule has 2 amide bonds. The molecule has 1 N–H and O–H groups in total. The summed E-state index contributed by atoms with van der Waals surface area (Å²) in [5.74, 6) is 0.749. The fourth-order valence-electron chi connectivity index (χ4n) is 4.00. The Morgan fingerprint density at radius 1 is 1.09 bits per heavy atom. The van der Waals surface area contributed by atoms with Crippen LogP contribution in [0.5, 0.6) is 0 Å². The Morgan fingerprint density at radius 3 is 2.56 bits per heavy atom. The number of hydrogen-bond acceptors (Lipinski definition) is 3. The molecule has 0 saturated carbocycles. The van der Waals surface area contributed by atoms with Crippen molar-refractivity contribution >= 4 is 34.5 Å². The van der Waals surface area contributed by atoms with Gasteiger partial charge in [-0.15, -0.1) is 11.8 Å². The van der Waals surface area contributed by atoms with Gasteiger partial charge in [0.05, 0.1) is 5.75 Å². The predicted molar refractivity (Wildman–Crippen MR) is 126 cm³/mol. The molecule has 4 rings (SSSR count). The summed E-state index contributed by atoms with van der Waals surface area (Å²) in [5, 5.41) is 4.00. The molecule has 168 valence electrons. The number of nitrogens with one attached hydrogen (secondary N) is 1. The van der Waals surface area contributed by atoms with Crippen LogP contribution in [-0.4, -0.2) is 46.7 Å². The number of carbonyl (C=O) groups is 2. The summed E-state index contributed by atoms with van der Waals surface area (Å²) in [4.78, 5) is 28.0. The molecule has 1 aromatic heterocycles. The predicted octanol–water partition coefficient (Wildman–Crippen LogP) is 4.56. The summed E-state index contributed by atoms with van der Waals surface area (Å²) in [7, 11) is 0. The highest BCUT2D eigenvalue weighted by molar-refractivity contribution is 8.00. The van der Waals surface area contributed by atoms with Crippen LogP contribution in [0.4, 0.5) is 4.39 Å². The molecular formula is C25H28FN3O2S. The quantitative estimate of drug-likeness (QED) is 0.534. The molecule has 5 nitrogen and oxygen atoms in total. The van der Waals surface area contributed by atoms with Gasteiger partial charge in [0.25, 0.3) is 5.91 Å². The van der Waals surface area contributed by atoms with Crippen LogP contribution in [0.1, 0.15) is 30.1 Å². The standard InChI is InChI=1S/C25H28FN3O2S/c1-18-10-13-28(14-11-18)24(30)17-32-23-16-29(22-5-3-2-4-21(22)23)15-12-27-25(31)19-6-8-20(26)9-7-19/h2-9,16,18H,10-15,17H2,1H3,(H,27,31). The molecule has 0 unspecified atom stereocenters. The van der Waals surface area contributed by atoms with E-state index < -0.39 is 0 Å². The molecule has 0 aliphatic carbocycles. The van der Waals surface area contributed by atoms with Crippen LogP contribution < -0.4 is 5.32 Å². The number of likely N-dealkylation sites (tertiary alicyclic amines) is 1. The highest BCUT2D eigenvalue weighted by Crippen LogP contribution is 2.30. The minimum Gasteiger partial charge on any atom is -0.350 e. The van der Waals surface area contributed by atoms with Gasteiger partial charge >= 0.3 is 0 Å². The molecule has 3 aromatic rings. The van der Waals surface area contributed by atoms with Crippen molar-refractivity contribution < 1.29 is 14.0 Å². The lowest BCUT2D eigenvalue weighted by molar-refractivity contribution is -0.129. The van der Waals surface area contributed by atoms with Crippen molar-refractivity contribution in [3.05, 3.63) is 66.1 Å². The molecule has 2 heterocycles. The van der Waals surface area contributed by atoms with Crippen LogP contribution in [0.2, 0.25) is 0 Å². The van der Waals surface area contributed by atoms with Crippen LogP contribution >= 0.6 is 11.8 Å². The Kier molecular flexibility index (Phi) is 7.15. The fraction of sp³-hybridized carbons (Fsp3) is 0.360. The van der Waals surface area contributed by atoms with Gasteiger partial charge < -0.3 is 14.8 Å². The summed E-state index contributed by atoms with van der Waals surface area (Å²) < 4.78 is 15.2. The van der Waals surface area contributed by atoms with E-state index in [-0.39, 0.29) is 17.6 Å². The maximum absolute atomic E-state index is 13.0. The van der Waals surface area contributed by atoms with Crippen LogP contribution in [0.25, 0.3) is 10.9 Å². The SMILES string of the molecule is CC1CCN(C(=O)CSc2cn(CCNC(=O)c3ccc(F)cc3)c3ccccc23)CC1. The fourth-order valence-corrected chi connectivity index (χ4v) is 4.99. The van der Waals surface area contributed by atoms with E-state index in [0.717, 1.165) is 41.7 Å². The number of para-hydroxylation sites is 1. The Bertz CT molecular complexity index is 1090. The highest BCUT2D eigenvalue weighted by Gasteiger charge is 2.21. The highest BCUT2D eigenvalue weighted by atomic mass is 32.2. The summed E-state index contributed by atoms with van der Waals surface area (Å²) in [6.45, 7) is 5.01. The van der Waals surface area contributed by atoms with E-state index in [1.807, 2.05) is 17.0 Å². The van der Waals surface area contributed by atoms with Gasteiger partial charge in [-0.05, 0) is 49.1 Å². The monoisotopic (exact) mass is 453 g/mol. The zero-order chi connectivity index (χ0) is 22.5. The molecule has 1 aliphatic heterocycles. The number of nitrogens with zero attached hydrogens (tertiary/aromatic N) is 2. The first kappa shape index (κ1) is 22.4. The average Bonchev–Trinajstić information content (AvgIpc) is 3.16. The maximum atomic E-state index is 13.0. The second-order valence-corrected chi connectivity index (χ2v) is 9.34. The Hall–Kier alpha value is -2.80. The van der Waals surface area contributed by atoms with Crippen LogP contribution in [0.15, 0.2) is 59.6 Å². The van der Waals surface area contributed by atoms with Gasteiger partial charge in [0.2, 0.25) is 5.91 Å². The second kappa shape index (κ2) is 10.2. The molecule has 1 fully saturated rings. The zero-order valence-corrected chi connectivity index (χ0v) is 19.0. The molecule has 0 radical (unpaired) electrons. The van der Waals surface area contributed by atoms with E-state index in [1.165, 1.54) is 24.3 Å². The van der Waals surface area contributed by atoms with Crippen molar-refractivity contribution in [2.75, 3.05) is 25.4 Å². The molecule has 0 atom stereocenters. The number of halogens is 1. The lowest BCUT2D eigenvalue weighted by Gasteiger charge is -2.30. The van der Waals surface area contributed by atoms with E-state index in [9.17, 15) is 14.0 Å². The number of amides is 2. The molecule has 0 spiro atoms. The number of hydrogen-bond donors (Lipinski definition) is 1. The first-order valence-corrected chi connectivity index (χ1v) is 12.0. The van der Waals surface area contributed by atoms with Crippen molar-refractivity contribution in [3.8, 4) is 0 Å². The van der Waals surface area contributed by atoms with E-state index in [1.54, 1.807) is 11.8 Å². The minimum atomic E-state index is -0.362. The van der Waals surface area contributed by atoms with Crippen molar-refractivity contribution in [1.82, 2.24) is 14.8 Å². The smallest absolute Gasteiger partial charge is 0.251 e. The molecule has 2 aromatic carbocycles. The maximum Gasteiger partial charge on any atom is 0.251 e. The molecule has 1 aliphatic rings. The van der Waals surface area contributed by atoms with Gasteiger partial charge in [-0.3, -0.25) is 9.59 Å². The minimum absolute atomic E-state index is 0.199. The molecule has 7 heteroatoms. The Morgan fingerprint density at radius 2 is 1.81 bits per heavy atom. The lowest BCUT2D eigenvalue weighted by Crippen LogP contribution is -2.38. The van der Waals surface area contributed by atoms with Crippen LogP contribution in [0, 0.1) is 11.7 Å². The molecule has 1 saturated heterocycles. The largest absolute Gasteiger partial charge is 0.350 e. The van der Waals surface area contributed by atoms with Gasteiger partial charge in [0, 0.05) is 53.7 Å². The van der Waals surface area contributed by atoms with Gasteiger partial charge in [0.15, 0.2) is 0 Å². The number of thioether (sulfide) groups is 1. The third-order valence-electron chi connectivity index (χ3n) is 5.98. The first-order valence-electron chi connectivity index (χ1n) is 11.0. The number of piperidine rings is 1. The van der Waals surface area contributed by atoms with Gasteiger partial charge in [-0.2, -0.15) is 0 Å².